The Morgan fingerprint density at radius 2 is 2.20 bits per heavy atom. The first-order valence-electron chi connectivity index (χ1n) is 5.00. The van der Waals surface area contributed by atoms with Crippen molar-refractivity contribution in [1.82, 2.24) is 5.32 Å². The minimum absolute atomic E-state index is 0.0522. The molecule has 0 rings (SSSR count). The smallest absolute Gasteiger partial charge is 0.237 e. The number of rotatable bonds is 7. The number of thioether (sulfide) groups is 1. The molecule has 5 heteroatoms. The first-order chi connectivity index (χ1) is 6.93. The molecular formula is C10H22N2O2S. The molecule has 0 aromatic rings. The molecule has 3 N–H and O–H groups in total. The van der Waals surface area contributed by atoms with E-state index in [4.69, 9.17) is 10.5 Å². The lowest BCUT2D eigenvalue weighted by Crippen LogP contribution is -2.45. The van der Waals surface area contributed by atoms with Crippen LogP contribution in [0.4, 0.5) is 0 Å². The number of nitrogens with one attached hydrogen (secondary N) is 1. The third-order valence-corrected chi connectivity index (χ3v) is 3.46. The number of carbonyl (C=O) groups excluding carboxylic acids is 1. The van der Waals surface area contributed by atoms with E-state index in [1.54, 1.807) is 18.9 Å². The van der Waals surface area contributed by atoms with Crippen molar-refractivity contribution in [2.24, 2.45) is 5.73 Å². The summed E-state index contributed by atoms with van der Waals surface area (Å²) < 4.78 is 4.92. The molecule has 1 unspecified atom stereocenters. The average molecular weight is 234 g/mol. The summed E-state index contributed by atoms with van der Waals surface area (Å²) in [5.41, 5.74) is 5.68. The molecule has 15 heavy (non-hydrogen) atoms. The molecule has 0 fully saturated rings. The van der Waals surface area contributed by atoms with Crippen LogP contribution in [-0.4, -0.2) is 43.2 Å². The molecule has 4 nitrogen and oxygen atoms in total. The van der Waals surface area contributed by atoms with Crippen LogP contribution in [0.3, 0.4) is 0 Å². The largest absolute Gasteiger partial charge is 0.385 e. The summed E-state index contributed by atoms with van der Waals surface area (Å²) in [6.07, 6.45) is 2.58. The molecular weight excluding hydrogens is 212 g/mol. The van der Waals surface area contributed by atoms with Crippen molar-refractivity contribution >= 4 is 17.7 Å². The van der Waals surface area contributed by atoms with Crippen LogP contribution in [0.2, 0.25) is 0 Å². The van der Waals surface area contributed by atoms with Gasteiger partial charge in [-0.15, -0.1) is 0 Å². The second-order valence-electron chi connectivity index (χ2n) is 4.07. The monoisotopic (exact) mass is 234 g/mol. The van der Waals surface area contributed by atoms with Crippen molar-refractivity contribution in [1.29, 1.82) is 0 Å². The number of amides is 1. The molecule has 0 radical (unpaired) electrons. The fourth-order valence-corrected chi connectivity index (χ4v) is 1.10. The molecule has 0 aliphatic heterocycles. The number of hydrogen-bond acceptors (Lipinski definition) is 4. The third kappa shape index (κ3) is 6.76. The van der Waals surface area contributed by atoms with Gasteiger partial charge in [-0.25, -0.2) is 0 Å². The van der Waals surface area contributed by atoms with E-state index in [1.807, 2.05) is 6.26 Å². The van der Waals surface area contributed by atoms with Crippen molar-refractivity contribution < 1.29 is 9.53 Å². The van der Waals surface area contributed by atoms with Crippen LogP contribution in [0.5, 0.6) is 0 Å². The Morgan fingerprint density at radius 1 is 1.60 bits per heavy atom. The number of methoxy groups -OCH3 is 1. The van der Waals surface area contributed by atoms with Gasteiger partial charge in [0.1, 0.15) is 0 Å². The summed E-state index contributed by atoms with van der Waals surface area (Å²) in [4.78, 5) is 11.5. The van der Waals surface area contributed by atoms with E-state index in [1.165, 1.54) is 0 Å². The molecule has 0 aliphatic carbocycles. The summed E-state index contributed by atoms with van der Waals surface area (Å²) in [5, 5.41) is 2.84. The van der Waals surface area contributed by atoms with E-state index < -0.39 is 6.04 Å². The minimum atomic E-state index is -0.470. The lowest BCUT2D eigenvalue weighted by Gasteiger charge is -2.23. The lowest BCUT2D eigenvalue weighted by atomic mass is 10.2. The Kier molecular flexibility index (Phi) is 6.96. The number of ether oxygens (including phenoxy) is 1. The first-order valence-corrected chi connectivity index (χ1v) is 6.23. The Morgan fingerprint density at radius 3 is 2.67 bits per heavy atom. The Labute approximate surface area is 96.3 Å². The highest BCUT2D eigenvalue weighted by molar-refractivity contribution is 7.99. The zero-order chi connectivity index (χ0) is 11.9. The predicted octanol–water partition coefficient (Wildman–Crippen LogP) is 0.608. The number of hydrogen-bond donors (Lipinski definition) is 2. The maximum atomic E-state index is 11.5. The molecule has 0 spiro atoms. The van der Waals surface area contributed by atoms with E-state index >= 15 is 0 Å². The van der Waals surface area contributed by atoms with Gasteiger partial charge in [0.2, 0.25) is 5.91 Å². The van der Waals surface area contributed by atoms with Gasteiger partial charge >= 0.3 is 0 Å². The molecule has 1 atom stereocenters. The van der Waals surface area contributed by atoms with Gasteiger partial charge in [0.25, 0.3) is 0 Å². The van der Waals surface area contributed by atoms with Crippen LogP contribution in [0.25, 0.3) is 0 Å². The molecule has 0 aromatic heterocycles. The summed E-state index contributed by atoms with van der Waals surface area (Å²) in [6, 6.07) is -0.470. The van der Waals surface area contributed by atoms with Crippen molar-refractivity contribution in [2.45, 2.75) is 31.1 Å². The summed E-state index contributed by atoms with van der Waals surface area (Å²) in [7, 11) is 1.60. The molecule has 0 bridgehead atoms. The second-order valence-corrected chi connectivity index (χ2v) is 5.58. The Hall–Kier alpha value is -0.260. The summed E-state index contributed by atoms with van der Waals surface area (Å²) in [6.45, 7) is 5.31. The highest BCUT2D eigenvalue weighted by atomic mass is 32.2. The first kappa shape index (κ1) is 14.7. The van der Waals surface area contributed by atoms with E-state index in [9.17, 15) is 4.79 Å². The van der Waals surface area contributed by atoms with Gasteiger partial charge in [0.15, 0.2) is 0 Å². The molecule has 0 saturated carbocycles. The van der Waals surface area contributed by atoms with Gasteiger partial charge in [-0.3, -0.25) is 4.79 Å². The van der Waals surface area contributed by atoms with Crippen molar-refractivity contribution in [2.75, 3.05) is 26.5 Å². The van der Waals surface area contributed by atoms with Crippen molar-refractivity contribution in [3.63, 3.8) is 0 Å². The zero-order valence-electron chi connectivity index (χ0n) is 10.0. The summed E-state index contributed by atoms with van der Waals surface area (Å²) >= 11 is 1.72. The summed E-state index contributed by atoms with van der Waals surface area (Å²) in [5.74, 6) is -0.103. The lowest BCUT2D eigenvalue weighted by molar-refractivity contribution is -0.122. The van der Waals surface area contributed by atoms with Gasteiger partial charge in [-0.1, -0.05) is 0 Å². The molecule has 90 valence electrons. The van der Waals surface area contributed by atoms with E-state index in [0.29, 0.717) is 19.6 Å². The standard InChI is InChI=1S/C10H22N2O2S/c1-10(2,15-4)7-12-9(13)8(11)5-6-14-3/h8H,5-7,11H2,1-4H3,(H,12,13). The Bertz CT molecular complexity index is 198. The third-order valence-electron chi connectivity index (χ3n) is 2.21. The minimum Gasteiger partial charge on any atom is -0.385 e. The van der Waals surface area contributed by atoms with Crippen LogP contribution < -0.4 is 11.1 Å². The van der Waals surface area contributed by atoms with Gasteiger partial charge in [0, 0.05) is 25.0 Å². The van der Waals surface area contributed by atoms with E-state index in [2.05, 4.69) is 19.2 Å². The van der Waals surface area contributed by atoms with Crippen molar-refractivity contribution in [3.05, 3.63) is 0 Å². The predicted molar refractivity (Wildman–Crippen MR) is 65.1 cm³/mol. The quantitative estimate of drug-likeness (QED) is 0.677. The molecule has 0 aliphatic rings. The van der Waals surface area contributed by atoms with Crippen molar-refractivity contribution in [3.8, 4) is 0 Å². The molecule has 0 aromatic carbocycles. The van der Waals surface area contributed by atoms with Gasteiger partial charge < -0.3 is 15.8 Å². The fourth-order valence-electron chi connectivity index (χ4n) is 0.879. The van der Waals surface area contributed by atoms with E-state index in [-0.39, 0.29) is 10.7 Å². The van der Waals surface area contributed by atoms with Crippen LogP contribution in [-0.2, 0) is 9.53 Å². The molecule has 0 saturated heterocycles. The van der Waals surface area contributed by atoms with Gasteiger partial charge in [0.05, 0.1) is 6.04 Å². The zero-order valence-corrected chi connectivity index (χ0v) is 10.8. The maximum Gasteiger partial charge on any atom is 0.237 e. The van der Waals surface area contributed by atoms with E-state index in [0.717, 1.165) is 0 Å². The molecule has 0 heterocycles. The maximum absolute atomic E-state index is 11.5. The topological polar surface area (TPSA) is 64.3 Å². The van der Waals surface area contributed by atoms with Gasteiger partial charge in [-0.2, -0.15) is 11.8 Å². The fraction of sp³-hybridized carbons (Fsp3) is 0.900. The SMILES string of the molecule is COCCC(N)C(=O)NCC(C)(C)SC. The number of nitrogens with two attached hydrogens (primary N) is 1. The van der Waals surface area contributed by atoms with Gasteiger partial charge in [-0.05, 0) is 26.5 Å². The Balaban J connectivity index is 3.82. The highest BCUT2D eigenvalue weighted by Crippen LogP contribution is 2.19. The van der Waals surface area contributed by atoms with Crippen LogP contribution in [0.1, 0.15) is 20.3 Å². The van der Waals surface area contributed by atoms with Crippen LogP contribution >= 0.6 is 11.8 Å². The van der Waals surface area contributed by atoms with Crippen LogP contribution in [0, 0.1) is 0 Å². The molecule has 1 amide bonds. The normalized spacial score (nSPS) is 13.7. The number of carbonyl (C=O) groups is 1. The highest BCUT2D eigenvalue weighted by Gasteiger charge is 2.19. The van der Waals surface area contributed by atoms with Crippen LogP contribution in [0.15, 0.2) is 0 Å². The second kappa shape index (κ2) is 7.09. The average Bonchev–Trinajstić information content (AvgIpc) is 2.22.